The number of carbonyl (C=O) groups excluding carboxylic acids is 1. The van der Waals surface area contributed by atoms with E-state index in [9.17, 15) is 4.79 Å². The molecular formula is C14H15N3O2. The molecule has 1 aromatic heterocycles. The third kappa shape index (κ3) is 2.51. The maximum atomic E-state index is 12.2. The molecule has 0 radical (unpaired) electrons. The lowest BCUT2D eigenvalue weighted by molar-refractivity contribution is 0.0694. The summed E-state index contributed by atoms with van der Waals surface area (Å²) in [7, 11) is 0. The van der Waals surface area contributed by atoms with E-state index in [1.807, 2.05) is 30.3 Å². The minimum atomic E-state index is -0.0869. The number of nitrogens with zero attached hydrogens (tertiary/aromatic N) is 2. The summed E-state index contributed by atoms with van der Waals surface area (Å²) in [5.74, 6) is 0.219. The van der Waals surface area contributed by atoms with Crippen LogP contribution in [0.25, 0.3) is 11.3 Å². The maximum Gasteiger partial charge on any atom is 0.292 e. The average Bonchev–Trinajstić information content (AvgIpc) is 2.98. The number of hydrogen-bond acceptors (Lipinski definition) is 4. The maximum absolute atomic E-state index is 12.2. The molecule has 5 heteroatoms. The zero-order valence-electron chi connectivity index (χ0n) is 10.5. The van der Waals surface area contributed by atoms with Crippen molar-refractivity contribution in [2.45, 2.75) is 0 Å². The van der Waals surface area contributed by atoms with Crippen molar-refractivity contribution in [3.63, 3.8) is 0 Å². The molecule has 2 aromatic rings. The molecule has 0 unspecified atom stereocenters. The summed E-state index contributed by atoms with van der Waals surface area (Å²) in [5, 5.41) is 7.18. The van der Waals surface area contributed by atoms with Gasteiger partial charge in [-0.15, -0.1) is 0 Å². The fourth-order valence-corrected chi connectivity index (χ4v) is 2.14. The van der Waals surface area contributed by atoms with Crippen molar-refractivity contribution in [2.75, 3.05) is 26.2 Å². The first-order valence-electron chi connectivity index (χ1n) is 6.37. The summed E-state index contributed by atoms with van der Waals surface area (Å²) in [6.07, 6.45) is 0. The fraction of sp³-hybridized carbons (Fsp3) is 0.286. The van der Waals surface area contributed by atoms with Crippen molar-refractivity contribution in [1.82, 2.24) is 15.4 Å². The lowest BCUT2D eigenvalue weighted by Gasteiger charge is -2.26. The highest BCUT2D eigenvalue weighted by Gasteiger charge is 2.22. The number of amides is 1. The third-order valence-corrected chi connectivity index (χ3v) is 3.19. The van der Waals surface area contributed by atoms with Crippen LogP contribution in [0.5, 0.6) is 0 Å². The van der Waals surface area contributed by atoms with Gasteiger partial charge in [0, 0.05) is 37.8 Å². The predicted molar refractivity (Wildman–Crippen MR) is 70.7 cm³/mol. The van der Waals surface area contributed by atoms with E-state index in [0.29, 0.717) is 24.5 Å². The number of rotatable bonds is 2. The van der Waals surface area contributed by atoms with Crippen LogP contribution in [0.1, 0.15) is 10.6 Å². The van der Waals surface area contributed by atoms with Gasteiger partial charge in [0.1, 0.15) is 5.69 Å². The normalized spacial score (nSPS) is 15.5. The van der Waals surface area contributed by atoms with Gasteiger partial charge >= 0.3 is 0 Å². The highest BCUT2D eigenvalue weighted by atomic mass is 16.5. The number of benzene rings is 1. The van der Waals surface area contributed by atoms with Gasteiger partial charge in [-0.3, -0.25) is 4.79 Å². The van der Waals surface area contributed by atoms with Crippen LogP contribution in [0.15, 0.2) is 40.9 Å². The quantitative estimate of drug-likeness (QED) is 0.883. The molecule has 1 aliphatic heterocycles. The average molecular weight is 257 g/mol. The van der Waals surface area contributed by atoms with Crippen molar-refractivity contribution in [1.29, 1.82) is 0 Å². The van der Waals surface area contributed by atoms with E-state index in [0.717, 1.165) is 18.7 Å². The first-order valence-corrected chi connectivity index (χ1v) is 6.37. The summed E-state index contributed by atoms with van der Waals surface area (Å²) in [6.45, 7) is 3.07. The molecule has 98 valence electrons. The molecule has 0 atom stereocenters. The Morgan fingerprint density at radius 1 is 1.21 bits per heavy atom. The Morgan fingerprint density at radius 2 is 1.95 bits per heavy atom. The van der Waals surface area contributed by atoms with Crippen molar-refractivity contribution in [2.24, 2.45) is 0 Å². The molecule has 0 bridgehead atoms. The third-order valence-electron chi connectivity index (χ3n) is 3.19. The van der Waals surface area contributed by atoms with E-state index in [-0.39, 0.29) is 5.91 Å². The molecule has 1 saturated heterocycles. The minimum absolute atomic E-state index is 0.0869. The van der Waals surface area contributed by atoms with Crippen LogP contribution in [-0.4, -0.2) is 42.1 Å². The minimum Gasteiger partial charge on any atom is -0.350 e. The van der Waals surface area contributed by atoms with Crippen molar-refractivity contribution >= 4 is 5.91 Å². The second kappa shape index (κ2) is 5.24. The smallest absolute Gasteiger partial charge is 0.292 e. The molecular weight excluding hydrogens is 242 g/mol. The molecule has 0 aliphatic carbocycles. The van der Waals surface area contributed by atoms with Gasteiger partial charge in [0.2, 0.25) is 5.76 Å². The number of aromatic nitrogens is 1. The van der Waals surface area contributed by atoms with Crippen LogP contribution in [0.3, 0.4) is 0 Å². The van der Waals surface area contributed by atoms with Crippen LogP contribution < -0.4 is 5.32 Å². The van der Waals surface area contributed by atoms with Gasteiger partial charge in [0.25, 0.3) is 5.91 Å². The van der Waals surface area contributed by atoms with Gasteiger partial charge in [-0.1, -0.05) is 35.5 Å². The molecule has 1 fully saturated rings. The standard InChI is InChI=1S/C14H15N3O2/c18-14(17-8-6-15-7-9-17)13-10-12(16-19-13)11-4-2-1-3-5-11/h1-5,10,15H,6-9H2. The Labute approximate surface area is 111 Å². The van der Waals surface area contributed by atoms with E-state index in [4.69, 9.17) is 4.52 Å². The van der Waals surface area contributed by atoms with E-state index in [2.05, 4.69) is 10.5 Å². The topological polar surface area (TPSA) is 58.4 Å². The molecule has 5 nitrogen and oxygen atoms in total. The van der Waals surface area contributed by atoms with Crippen LogP contribution in [0.2, 0.25) is 0 Å². The van der Waals surface area contributed by atoms with Gasteiger partial charge in [0.05, 0.1) is 0 Å². The summed E-state index contributed by atoms with van der Waals surface area (Å²) >= 11 is 0. The van der Waals surface area contributed by atoms with Crippen molar-refractivity contribution in [3.8, 4) is 11.3 Å². The number of nitrogens with one attached hydrogen (secondary N) is 1. The van der Waals surface area contributed by atoms with Crippen molar-refractivity contribution < 1.29 is 9.32 Å². The zero-order valence-corrected chi connectivity index (χ0v) is 10.5. The monoisotopic (exact) mass is 257 g/mol. The van der Waals surface area contributed by atoms with E-state index in [1.54, 1.807) is 11.0 Å². The molecule has 1 amide bonds. The Hall–Kier alpha value is -2.14. The summed E-state index contributed by atoms with van der Waals surface area (Å²) < 4.78 is 5.17. The first-order chi connectivity index (χ1) is 9.34. The van der Waals surface area contributed by atoms with Crippen LogP contribution >= 0.6 is 0 Å². The molecule has 2 heterocycles. The Morgan fingerprint density at radius 3 is 2.68 bits per heavy atom. The van der Waals surface area contributed by atoms with Gasteiger partial charge in [-0.05, 0) is 0 Å². The van der Waals surface area contributed by atoms with Crippen molar-refractivity contribution in [3.05, 3.63) is 42.2 Å². The number of carbonyl (C=O) groups is 1. The van der Waals surface area contributed by atoms with E-state index in [1.165, 1.54) is 0 Å². The Kier molecular flexibility index (Phi) is 3.29. The number of hydrogen-bond donors (Lipinski definition) is 1. The second-order valence-corrected chi connectivity index (χ2v) is 4.48. The summed E-state index contributed by atoms with van der Waals surface area (Å²) in [5.41, 5.74) is 1.64. The molecule has 0 saturated carbocycles. The van der Waals surface area contributed by atoms with E-state index >= 15 is 0 Å². The van der Waals surface area contributed by atoms with Crippen LogP contribution in [0, 0.1) is 0 Å². The van der Waals surface area contributed by atoms with Gasteiger partial charge in [-0.2, -0.15) is 0 Å². The number of piperazine rings is 1. The van der Waals surface area contributed by atoms with Gasteiger partial charge in [-0.25, -0.2) is 0 Å². The van der Waals surface area contributed by atoms with E-state index < -0.39 is 0 Å². The molecule has 0 spiro atoms. The summed E-state index contributed by atoms with van der Waals surface area (Å²) in [4.78, 5) is 14.0. The van der Waals surface area contributed by atoms with Crippen LogP contribution in [0.4, 0.5) is 0 Å². The summed E-state index contributed by atoms with van der Waals surface area (Å²) in [6, 6.07) is 11.4. The largest absolute Gasteiger partial charge is 0.350 e. The molecule has 19 heavy (non-hydrogen) atoms. The Balaban J connectivity index is 1.79. The fourth-order valence-electron chi connectivity index (χ4n) is 2.14. The lowest BCUT2D eigenvalue weighted by atomic mass is 10.1. The zero-order chi connectivity index (χ0) is 13.1. The molecule has 1 aliphatic rings. The van der Waals surface area contributed by atoms with Gasteiger partial charge < -0.3 is 14.7 Å². The first kappa shape index (κ1) is 11.9. The molecule has 1 aromatic carbocycles. The lowest BCUT2D eigenvalue weighted by Crippen LogP contribution is -2.46. The van der Waals surface area contributed by atoms with Gasteiger partial charge in [0.15, 0.2) is 0 Å². The molecule has 3 rings (SSSR count). The molecule has 1 N–H and O–H groups in total. The second-order valence-electron chi connectivity index (χ2n) is 4.48. The Bertz CT molecular complexity index is 559. The highest BCUT2D eigenvalue weighted by Crippen LogP contribution is 2.19. The highest BCUT2D eigenvalue weighted by molar-refractivity contribution is 5.92. The predicted octanol–water partition coefficient (Wildman–Crippen LogP) is 1.39. The SMILES string of the molecule is O=C(c1cc(-c2ccccc2)no1)N1CCNCC1. The van der Waals surface area contributed by atoms with Crippen LogP contribution in [-0.2, 0) is 0 Å².